The second-order valence-electron chi connectivity index (χ2n) is 4.07. The largest absolute Gasteiger partial charge is 0.383 e. The fourth-order valence-corrected chi connectivity index (χ4v) is 2.33. The number of aliphatic hydroxyl groups is 1. The molecule has 0 aromatic heterocycles. The molecular weight excluding hydrogens is 176 g/mol. The predicted octanol–water partition coefficient (Wildman–Crippen LogP) is 1.78. The molecule has 0 fully saturated rings. The van der Waals surface area contributed by atoms with Crippen molar-refractivity contribution in [2.45, 2.75) is 25.4 Å². The molecule has 1 aromatic rings. The first-order chi connectivity index (χ1) is 6.67. The molecule has 1 unspecified atom stereocenters. The Morgan fingerprint density at radius 2 is 2.29 bits per heavy atom. The van der Waals surface area contributed by atoms with Crippen molar-refractivity contribution in [2.75, 3.05) is 13.7 Å². The molecule has 2 rings (SSSR count). The highest BCUT2D eigenvalue weighted by Gasteiger charge is 2.36. The number of fused-ring (bicyclic) bond motifs is 1. The zero-order chi connectivity index (χ0) is 10.2. The first-order valence-corrected chi connectivity index (χ1v) is 4.98. The number of benzene rings is 1. The van der Waals surface area contributed by atoms with Gasteiger partial charge in [0, 0.05) is 7.11 Å². The lowest BCUT2D eigenvalue weighted by Gasteiger charge is -2.22. The van der Waals surface area contributed by atoms with Crippen LogP contribution in [0, 0.1) is 6.92 Å². The van der Waals surface area contributed by atoms with Crippen LogP contribution in [0.15, 0.2) is 18.2 Å². The summed E-state index contributed by atoms with van der Waals surface area (Å²) >= 11 is 0. The number of aryl methyl sites for hydroxylation is 1. The van der Waals surface area contributed by atoms with E-state index < -0.39 is 5.60 Å². The maximum absolute atomic E-state index is 10.3. The van der Waals surface area contributed by atoms with E-state index in [0.717, 1.165) is 18.4 Å². The van der Waals surface area contributed by atoms with Gasteiger partial charge in [0.15, 0.2) is 0 Å². The standard InChI is InChI=1S/C12H16O2/c1-9-4-3-5-11-10(9)6-7-12(11,13)8-14-2/h3-5,13H,6-8H2,1-2H3. The number of rotatable bonds is 2. The topological polar surface area (TPSA) is 29.5 Å². The van der Waals surface area contributed by atoms with Gasteiger partial charge in [0.25, 0.3) is 0 Å². The monoisotopic (exact) mass is 192 g/mol. The molecule has 0 bridgehead atoms. The smallest absolute Gasteiger partial charge is 0.113 e. The van der Waals surface area contributed by atoms with Gasteiger partial charge in [0.05, 0.1) is 6.61 Å². The van der Waals surface area contributed by atoms with Gasteiger partial charge in [-0.2, -0.15) is 0 Å². The van der Waals surface area contributed by atoms with Gasteiger partial charge in [-0.3, -0.25) is 0 Å². The van der Waals surface area contributed by atoms with Gasteiger partial charge in [-0.05, 0) is 36.5 Å². The zero-order valence-corrected chi connectivity index (χ0v) is 8.71. The van der Waals surface area contributed by atoms with E-state index in [9.17, 15) is 5.11 Å². The number of hydrogen-bond donors (Lipinski definition) is 1. The third-order valence-electron chi connectivity index (χ3n) is 3.08. The van der Waals surface area contributed by atoms with Crippen molar-refractivity contribution in [2.24, 2.45) is 0 Å². The van der Waals surface area contributed by atoms with Crippen molar-refractivity contribution in [3.05, 3.63) is 34.9 Å². The van der Waals surface area contributed by atoms with E-state index in [2.05, 4.69) is 13.0 Å². The minimum atomic E-state index is -0.754. The maximum Gasteiger partial charge on any atom is 0.113 e. The Labute approximate surface area is 84.5 Å². The van der Waals surface area contributed by atoms with Gasteiger partial charge in [0.1, 0.15) is 5.60 Å². The molecular formula is C12H16O2. The molecule has 2 heteroatoms. The molecule has 1 aliphatic rings. The van der Waals surface area contributed by atoms with Crippen LogP contribution in [0.2, 0.25) is 0 Å². The molecule has 1 N–H and O–H groups in total. The van der Waals surface area contributed by atoms with Crippen molar-refractivity contribution < 1.29 is 9.84 Å². The molecule has 1 aliphatic carbocycles. The Kier molecular flexibility index (Phi) is 2.33. The molecule has 0 saturated carbocycles. The van der Waals surface area contributed by atoms with Crippen molar-refractivity contribution in [3.63, 3.8) is 0 Å². The first-order valence-electron chi connectivity index (χ1n) is 4.98. The van der Waals surface area contributed by atoms with Gasteiger partial charge in [-0.25, -0.2) is 0 Å². The van der Waals surface area contributed by atoms with Crippen LogP contribution in [0.4, 0.5) is 0 Å². The highest BCUT2D eigenvalue weighted by atomic mass is 16.5. The second kappa shape index (κ2) is 3.37. The van der Waals surface area contributed by atoms with E-state index in [0.29, 0.717) is 6.61 Å². The molecule has 1 aromatic carbocycles. The van der Waals surface area contributed by atoms with Crippen molar-refractivity contribution >= 4 is 0 Å². The van der Waals surface area contributed by atoms with Crippen molar-refractivity contribution in [3.8, 4) is 0 Å². The fourth-order valence-electron chi connectivity index (χ4n) is 2.33. The highest BCUT2D eigenvalue weighted by Crippen LogP contribution is 2.38. The summed E-state index contributed by atoms with van der Waals surface area (Å²) in [7, 11) is 1.63. The van der Waals surface area contributed by atoms with Crippen LogP contribution in [-0.4, -0.2) is 18.8 Å². The van der Waals surface area contributed by atoms with E-state index in [-0.39, 0.29) is 0 Å². The number of hydrogen-bond acceptors (Lipinski definition) is 2. The lowest BCUT2D eigenvalue weighted by atomic mass is 9.96. The van der Waals surface area contributed by atoms with Crippen LogP contribution in [0.1, 0.15) is 23.1 Å². The average Bonchev–Trinajstić information content (AvgIpc) is 2.47. The molecule has 0 saturated heterocycles. The summed E-state index contributed by atoms with van der Waals surface area (Å²) in [6.45, 7) is 2.49. The van der Waals surface area contributed by atoms with Gasteiger partial charge >= 0.3 is 0 Å². The summed E-state index contributed by atoms with van der Waals surface area (Å²) in [5, 5.41) is 10.3. The third kappa shape index (κ3) is 1.35. The molecule has 0 amide bonds. The highest BCUT2D eigenvalue weighted by molar-refractivity contribution is 5.42. The number of methoxy groups -OCH3 is 1. The Balaban J connectivity index is 2.44. The Hall–Kier alpha value is -0.860. The zero-order valence-electron chi connectivity index (χ0n) is 8.71. The van der Waals surface area contributed by atoms with Gasteiger partial charge in [-0.1, -0.05) is 18.2 Å². The number of ether oxygens (including phenoxy) is 1. The average molecular weight is 192 g/mol. The van der Waals surface area contributed by atoms with E-state index in [1.54, 1.807) is 7.11 Å². The Morgan fingerprint density at radius 3 is 3.00 bits per heavy atom. The van der Waals surface area contributed by atoms with Gasteiger partial charge < -0.3 is 9.84 Å². The summed E-state index contributed by atoms with van der Waals surface area (Å²) in [6.07, 6.45) is 1.74. The minimum Gasteiger partial charge on any atom is -0.383 e. The Morgan fingerprint density at radius 1 is 1.50 bits per heavy atom. The van der Waals surface area contributed by atoms with Gasteiger partial charge in [-0.15, -0.1) is 0 Å². The molecule has 76 valence electrons. The van der Waals surface area contributed by atoms with Crippen LogP contribution in [0.25, 0.3) is 0 Å². The lowest BCUT2D eigenvalue weighted by Crippen LogP contribution is -2.28. The third-order valence-corrected chi connectivity index (χ3v) is 3.08. The Bertz CT molecular complexity index is 346. The van der Waals surface area contributed by atoms with Crippen LogP contribution >= 0.6 is 0 Å². The normalized spacial score (nSPS) is 25.1. The minimum absolute atomic E-state index is 0.392. The van der Waals surface area contributed by atoms with Crippen LogP contribution in [-0.2, 0) is 16.8 Å². The van der Waals surface area contributed by atoms with Crippen molar-refractivity contribution in [1.82, 2.24) is 0 Å². The maximum atomic E-state index is 10.3. The molecule has 0 heterocycles. The van der Waals surface area contributed by atoms with Crippen LogP contribution in [0.3, 0.4) is 0 Å². The van der Waals surface area contributed by atoms with Gasteiger partial charge in [0.2, 0.25) is 0 Å². The summed E-state index contributed by atoms with van der Waals surface area (Å²) in [5.41, 5.74) is 2.87. The van der Waals surface area contributed by atoms with E-state index in [1.165, 1.54) is 11.1 Å². The lowest BCUT2D eigenvalue weighted by molar-refractivity contribution is -0.0340. The molecule has 0 spiro atoms. The molecule has 0 radical (unpaired) electrons. The molecule has 14 heavy (non-hydrogen) atoms. The molecule has 1 atom stereocenters. The van der Waals surface area contributed by atoms with E-state index in [4.69, 9.17) is 4.74 Å². The summed E-state index contributed by atoms with van der Waals surface area (Å²) in [4.78, 5) is 0. The van der Waals surface area contributed by atoms with Crippen LogP contribution in [0.5, 0.6) is 0 Å². The quantitative estimate of drug-likeness (QED) is 0.774. The summed E-state index contributed by atoms with van der Waals surface area (Å²) < 4.78 is 5.08. The first kappa shape index (κ1) is 9.69. The molecule has 2 nitrogen and oxygen atoms in total. The van der Waals surface area contributed by atoms with Crippen LogP contribution < -0.4 is 0 Å². The SMILES string of the molecule is COCC1(O)CCc2c(C)cccc21. The van der Waals surface area contributed by atoms with E-state index >= 15 is 0 Å². The second-order valence-corrected chi connectivity index (χ2v) is 4.07. The molecule has 0 aliphatic heterocycles. The van der Waals surface area contributed by atoms with Crippen molar-refractivity contribution in [1.29, 1.82) is 0 Å². The van der Waals surface area contributed by atoms with E-state index in [1.807, 2.05) is 12.1 Å². The fraction of sp³-hybridized carbons (Fsp3) is 0.500. The summed E-state index contributed by atoms with van der Waals surface area (Å²) in [6, 6.07) is 6.10. The summed E-state index contributed by atoms with van der Waals surface area (Å²) in [5.74, 6) is 0. The predicted molar refractivity (Wildman–Crippen MR) is 55.3 cm³/mol.